The molecule has 0 unspecified atom stereocenters. The summed E-state index contributed by atoms with van der Waals surface area (Å²) >= 11 is 0. The smallest absolute Gasteiger partial charge is 0.323 e. The second kappa shape index (κ2) is 6.85. The van der Waals surface area contributed by atoms with Crippen molar-refractivity contribution in [3.8, 4) is 5.75 Å². The molecule has 0 aliphatic carbocycles. The number of carboxylic acid groups (broad SMARTS) is 1. The van der Waals surface area contributed by atoms with Gasteiger partial charge in [-0.3, -0.25) is 9.59 Å². The molecule has 1 rings (SSSR count). The van der Waals surface area contributed by atoms with E-state index >= 15 is 0 Å². The summed E-state index contributed by atoms with van der Waals surface area (Å²) in [4.78, 5) is 25.8. The monoisotopic (exact) mass is 284 g/mol. The summed E-state index contributed by atoms with van der Waals surface area (Å²) in [6.07, 6.45) is 0. The summed E-state index contributed by atoms with van der Waals surface area (Å²) in [7, 11) is 3.56. The van der Waals surface area contributed by atoms with Crippen LogP contribution in [-0.2, 0) is 4.79 Å². The summed E-state index contributed by atoms with van der Waals surface area (Å²) in [5.41, 5.74) is -0.245. The molecule has 1 amide bonds. The Kier molecular flexibility index (Phi) is 5.45. The number of benzene rings is 1. The van der Waals surface area contributed by atoms with Crippen LogP contribution in [0, 0.1) is 5.82 Å². The van der Waals surface area contributed by atoms with Crippen LogP contribution in [0.4, 0.5) is 4.39 Å². The highest BCUT2D eigenvalue weighted by Gasteiger charge is 2.21. The first kappa shape index (κ1) is 15.9. The maximum atomic E-state index is 13.1. The van der Waals surface area contributed by atoms with Gasteiger partial charge in [-0.1, -0.05) is 0 Å². The van der Waals surface area contributed by atoms with E-state index in [-0.39, 0.29) is 17.9 Å². The average molecular weight is 284 g/mol. The molecule has 0 radical (unpaired) electrons. The first-order valence-electron chi connectivity index (χ1n) is 5.95. The fourth-order valence-electron chi connectivity index (χ4n) is 1.59. The van der Waals surface area contributed by atoms with Gasteiger partial charge in [-0.15, -0.1) is 0 Å². The van der Waals surface area contributed by atoms with E-state index in [0.29, 0.717) is 6.54 Å². The average Bonchev–Trinajstić information content (AvgIpc) is 2.36. The SMILES string of the molecule is CN(C)CCN(CC(=O)O)C(=O)c1cc(F)ccc1O. The number of carbonyl (C=O) groups excluding carboxylic acids is 1. The van der Waals surface area contributed by atoms with Crippen LogP contribution in [0.3, 0.4) is 0 Å². The van der Waals surface area contributed by atoms with Gasteiger partial charge in [0, 0.05) is 13.1 Å². The molecule has 0 aliphatic rings. The molecule has 0 aromatic heterocycles. The number of phenols is 1. The second-order valence-electron chi connectivity index (χ2n) is 4.59. The van der Waals surface area contributed by atoms with Crippen LogP contribution in [-0.4, -0.2) is 65.6 Å². The van der Waals surface area contributed by atoms with Crippen LogP contribution in [0.1, 0.15) is 10.4 Å². The van der Waals surface area contributed by atoms with E-state index in [9.17, 15) is 19.1 Å². The van der Waals surface area contributed by atoms with Gasteiger partial charge in [0.05, 0.1) is 5.56 Å². The lowest BCUT2D eigenvalue weighted by atomic mass is 10.1. The Morgan fingerprint density at radius 3 is 2.45 bits per heavy atom. The van der Waals surface area contributed by atoms with E-state index in [4.69, 9.17) is 5.11 Å². The highest BCUT2D eigenvalue weighted by molar-refractivity contribution is 5.98. The highest BCUT2D eigenvalue weighted by Crippen LogP contribution is 2.19. The topological polar surface area (TPSA) is 81.1 Å². The number of aromatic hydroxyl groups is 1. The van der Waals surface area contributed by atoms with E-state index in [1.807, 2.05) is 0 Å². The summed E-state index contributed by atoms with van der Waals surface area (Å²) in [6, 6.07) is 2.98. The van der Waals surface area contributed by atoms with Crippen molar-refractivity contribution in [2.45, 2.75) is 0 Å². The molecule has 20 heavy (non-hydrogen) atoms. The van der Waals surface area contributed by atoms with Crippen LogP contribution >= 0.6 is 0 Å². The molecular weight excluding hydrogens is 267 g/mol. The number of halogens is 1. The zero-order valence-corrected chi connectivity index (χ0v) is 11.3. The van der Waals surface area contributed by atoms with Gasteiger partial charge in [0.2, 0.25) is 0 Å². The maximum Gasteiger partial charge on any atom is 0.323 e. The van der Waals surface area contributed by atoms with Crippen LogP contribution < -0.4 is 0 Å². The predicted molar refractivity (Wildman–Crippen MR) is 70.2 cm³/mol. The molecule has 0 fully saturated rings. The van der Waals surface area contributed by atoms with Gasteiger partial charge >= 0.3 is 5.97 Å². The minimum absolute atomic E-state index is 0.161. The Hall–Kier alpha value is -2.15. The van der Waals surface area contributed by atoms with Crippen molar-refractivity contribution in [3.05, 3.63) is 29.6 Å². The fraction of sp³-hybridized carbons (Fsp3) is 0.385. The molecule has 0 bridgehead atoms. The van der Waals surface area contributed by atoms with Gasteiger partial charge in [-0.2, -0.15) is 0 Å². The van der Waals surface area contributed by atoms with E-state index in [1.54, 1.807) is 19.0 Å². The molecule has 1 aromatic carbocycles. The number of likely N-dealkylation sites (N-methyl/N-ethyl adjacent to an activating group) is 1. The third-order valence-corrected chi connectivity index (χ3v) is 2.62. The number of carbonyl (C=O) groups is 2. The summed E-state index contributed by atoms with van der Waals surface area (Å²) in [6.45, 7) is 0.103. The molecule has 0 aliphatic heterocycles. The van der Waals surface area contributed by atoms with Crippen LogP contribution in [0.15, 0.2) is 18.2 Å². The van der Waals surface area contributed by atoms with E-state index in [2.05, 4.69) is 0 Å². The van der Waals surface area contributed by atoms with E-state index in [0.717, 1.165) is 23.1 Å². The first-order valence-corrected chi connectivity index (χ1v) is 5.95. The molecule has 0 saturated heterocycles. The number of phenolic OH excluding ortho intramolecular Hbond substituents is 1. The quantitative estimate of drug-likeness (QED) is 0.800. The lowest BCUT2D eigenvalue weighted by Gasteiger charge is -2.23. The minimum Gasteiger partial charge on any atom is -0.507 e. The van der Waals surface area contributed by atoms with Crippen molar-refractivity contribution in [1.82, 2.24) is 9.80 Å². The molecule has 110 valence electrons. The molecule has 6 nitrogen and oxygen atoms in total. The molecule has 0 atom stereocenters. The Bertz CT molecular complexity index is 505. The summed E-state index contributed by atoms with van der Waals surface area (Å²) in [5.74, 6) is -2.94. The van der Waals surface area contributed by atoms with Gasteiger partial charge in [0.15, 0.2) is 0 Å². The zero-order valence-electron chi connectivity index (χ0n) is 11.3. The summed E-state index contributed by atoms with van der Waals surface area (Å²) in [5, 5.41) is 18.4. The number of carboxylic acids is 1. The number of aliphatic carboxylic acids is 1. The Balaban J connectivity index is 2.96. The Morgan fingerprint density at radius 2 is 1.90 bits per heavy atom. The van der Waals surface area contributed by atoms with Crippen molar-refractivity contribution in [2.75, 3.05) is 33.7 Å². The predicted octanol–water partition coefficient (Wildman–Crippen LogP) is 0.620. The molecule has 0 spiro atoms. The number of hydrogen-bond donors (Lipinski definition) is 2. The number of hydrogen-bond acceptors (Lipinski definition) is 4. The second-order valence-corrected chi connectivity index (χ2v) is 4.59. The van der Waals surface area contributed by atoms with Crippen molar-refractivity contribution in [3.63, 3.8) is 0 Å². The third-order valence-electron chi connectivity index (χ3n) is 2.62. The van der Waals surface area contributed by atoms with Crippen LogP contribution in [0.2, 0.25) is 0 Å². The first-order chi connectivity index (χ1) is 9.31. The molecule has 0 heterocycles. The molecule has 7 heteroatoms. The van der Waals surface area contributed by atoms with Crippen LogP contribution in [0.5, 0.6) is 5.75 Å². The minimum atomic E-state index is -1.17. The standard InChI is InChI=1S/C13H17FN2O4/c1-15(2)5-6-16(8-12(18)19)13(20)10-7-9(14)3-4-11(10)17/h3-4,7,17H,5-6,8H2,1-2H3,(H,18,19). The largest absolute Gasteiger partial charge is 0.507 e. The van der Waals surface area contributed by atoms with E-state index < -0.39 is 24.2 Å². The van der Waals surface area contributed by atoms with Gasteiger partial charge < -0.3 is 20.0 Å². The molecule has 0 saturated carbocycles. The normalized spacial score (nSPS) is 10.6. The van der Waals surface area contributed by atoms with Gasteiger partial charge in [0.25, 0.3) is 5.91 Å². The Morgan fingerprint density at radius 1 is 1.25 bits per heavy atom. The number of rotatable bonds is 6. The lowest BCUT2D eigenvalue weighted by Crippen LogP contribution is -2.40. The number of amides is 1. The molecule has 2 N–H and O–H groups in total. The van der Waals surface area contributed by atoms with Crippen molar-refractivity contribution in [2.24, 2.45) is 0 Å². The lowest BCUT2D eigenvalue weighted by molar-refractivity contribution is -0.137. The van der Waals surface area contributed by atoms with Crippen molar-refractivity contribution in [1.29, 1.82) is 0 Å². The zero-order chi connectivity index (χ0) is 15.3. The van der Waals surface area contributed by atoms with Gasteiger partial charge in [0.1, 0.15) is 18.1 Å². The third kappa shape index (κ3) is 4.51. The van der Waals surface area contributed by atoms with Crippen LogP contribution in [0.25, 0.3) is 0 Å². The molecule has 1 aromatic rings. The van der Waals surface area contributed by atoms with Gasteiger partial charge in [-0.05, 0) is 32.3 Å². The fourth-order valence-corrected chi connectivity index (χ4v) is 1.59. The van der Waals surface area contributed by atoms with Crippen molar-refractivity contribution < 1.29 is 24.2 Å². The van der Waals surface area contributed by atoms with Gasteiger partial charge in [-0.25, -0.2) is 4.39 Å². The maximum absolute atomic E-state index is 13.1. The Labute approximate surface area is 116 Å². The van der Waals surface area contributed by atoms with E-state index in [1.165, 1.54) is 0 Å². The number of nitrogens with zero attached hydrogens (tertiary/aromatic N) is 2. The van der Waals surface area contributed by atoms with Crippen molar-refractivity contribution >= 4 is 11.9 Å². The highest BCUT2D eigenvalue weighted by atomic mass is 19.1. The summed E-state index contributed by atoms with van der Waals surface area (Å²) < 4.78 is 13.1. The molecular formula is C13H17FN2O4.